The molecular weight excluding hydrogens is 214 g/mol. The Kier molecular flexibility index (Phi) is 3.12. The average molecular weight is 237 g/mol. The number of rotatable bonds is 3. The molecule has 1 heterocycles. The van der Waals surface area contributed by atoms with Crippen molar-refractivity contribution in [2.24, 2.45) is 11.8 Å². The highest BCUT2D eigenvalue weighted by Gasteiger charge is 2.43. The average Bonchev–Trinajstić information content (AvgIpc) is 2.90. The lowest BCUT2D eigenvalue weighted by molar-refractivity contribution is -0.138. The van der Waals surface area contributed by atoms with E-state index in [2.05, 4.69) is 4.90 Å². The Morgan fingerprint density at radius 3 is 2.59 bits per heavy atom. The molecule has 3 atom stereocenters. The summed E-state index contributed by atoms with van der Waals surface area (Å²) in [5.41, 5.74) is 0. The summed E-state index contributed by atoms with van der Waals surface area (Å²) < 4.78 is 0. The van der Waals surface area contributed by atoms with Gasteiger partial charge < -0.3 is 5.11 Å². The first-order valence-electron chi connectivity index (χ1n) is 7.21. The summed E-state index contributed by atoms with van der Waals surface area (Å²) in [5, 5.41) is 8.96. The second-order valence-corrected chi connectivity index (χ2v) is 6.22. The van der Waals surface area contributed by atoms with Crippen LogP contribution in [0.3, 0.4) is 0 Å². The Morgan fingerprint density at radius 2 is 1.88 bits per heavy atom. The summed E-state index contributed by atoms with van der Waals surface area (Å²) in [6, 6.07) is 1.61. The largest absolute Gasteiger partial charge is 0.481 e. The zero-order valence-electron chi connectivity index (χ0n) is 10.5. The summed E-state index contributed by atoms with van der Waals surface area (Å²) >= 11 is 0. The van der Waals surface area contributed by atoms with Gasteiger partial charge in [-0.15, -0.1) is 0 Å². The van der Waals surface area contributed by atoms with E-state index >= 15 is 0 Å². The number of carbonyl (C=O) groups is 1. The van der Waals surface area contributed by atoms with Crippen LogP contribution in [0.5, 0.6) is 0 Å². The van der Waals surface area contributed by atoms with Gasteiger partial charge in [-0.05, 0) is 43.9 Å². The van der Waals surface area contributed by atoms with Crippen LogP contribution in [0.15, 0.2) is 0 Å². The maximum atomic E-state index is 10.9. The van der Waals surface area contributed by atoms with Crippen LogP contribution in [0.1, 0.15) is 51.4 Å². The maximum Gasteiger partial charge on any atom is 0.303 e. The van der Waals surface area contributed by atoms with Gasteiger partial charge in [-0.25, -0.2) is 0 Å². The fourth-order valence-electron chi connectivity index (χ4n) is 4.42. The third-order valence-corrected chi connectivity index (χ3v) is 5.26. The minimum Gasteiger partial charge on any atom is -0.481 e. The van der Waals surface area contributed by atoms with Gasteiger partial charge in [-0.2, -0.15) is 0 Å². The van der Waals surface area contributed by atoms with Crippen molar-refractivity contribution >= 4 is 5.97 Å². The summed E-state index contributed by atoms with van der Waals surface area (Å²) in [7, 11) is 0. The molecule has 0 radical (unpaired) electrons. The predicted molar refractivity (Wildman–Crippen MR) is 65.8 cm³/mol. The van der Waals surface area contributed by atoms with Crippen molar-refractivity contribution in [2.45, 2.75) is 63.5 Å². The highest BCUT2D eigenvalue weighted by molar-refractivity contribution is 5.67. The zero-order chi connectivity index (χ0) is 11.8. The standard InChI is InChI=1S/C14H23NO2/c16-14(17)8-10-5-6-13-7-11(10)9-15(13)12-3-1-2-4-12/h10-13H,1-9H2,(H,16,17). The highest BCUT2D eigenvalue weighted by Crippen LogP contribution is 2.43. The Balaban J connectivity index is 1.63. The molecule has 0 spiro atoms. The van der Waals surface area contributed by atoms with Crippen molar-refractivity contribution in [1.82, 2.24) is 4.90 Å². The first-order chi connectivity index (χ1) is 8.24. The first kappa shape index (κ1) is 11.5. The van der Waals surface area contributed by atoms with Crippen LogP contribution in [-0.4, -0.2) is 34.6 Å². The number of aliphatic carboxylic acids is 1. The molecule has 3 nitrogen and oxygen atoms in total. The van der Waals surface area contributed by atoms with E-state index in [-0.39, 0.29) is 0 Å². The number of carboxylic acid groups (broad SMARTS) is 1. The lowest BCUT2D eigenvalue weighted by Gasteiger charge is -2.30. The Labute approximate surface area is 103 Å². The van der Waals surface area contributed by atoms with Crippen LogP contribution in [0.2, 0.25) is 0 Å². The van der Waals surface area contributed by atoms with Gasteiger partial charge in [0.1, 0.15) is 0 Å². The number of hydrogen-bond acceptors (Lipinski definition) is 2. The third kappa shape index (κ3) is 2.22. The van der Waals surface area contributed by atoms with Gasteiger partial charge in [-0.3, -0.25) is 9.69 Å². The number of carboxylic acids is 1. The van der Waals surface area contributed by atoms with Crippen LogP contribution in [-0.2, 0) is 4.79 Å². The lowest BCUT2D eigenvalue weighted by atomic mass is 9.78. The van der Waals surface area contributed by atoms with E-state index in [4.69, 9.17) is 5.11 Å². The van der Waals surface area contributed by atoms with Gasteiger partial charge in [0.2, 0.25) is 0 Å². The van der Waals surface area contributed by atoms with Crippen LogP contribution in [0.4, 0.5) is 0 Å². The molecule has 0 aromatic carbocycles. The fourth-order valence-corrected chi connectivity index (χ4v) is 4.42. The molecule has 3 unspecified atom stereocenters. The summed E-state index contributed by atoms with van der Waals surface area (Å²) in [6.45, 7) is 1.19. The van der Waals surface area contributed by atoms with E-state index in [0.29, 0.717) is 18.3 Å². The topological polar surface area (TPSA) is 40.5 Å². The second-order valence-electron chi connectivity index (χ2n) is 6.22. The van der Waals surface area contributed by atoms with Gasteiger partial charge in [-0.1, -0.05) is 12.8 Å². The molecule has 0 amide bonds. The molecule has 96 valence electrons. The zero-order valence-corrected chi connectivity index (χ0v) is 10.5. The van der Waals surface area contributed by atoms with Crippen molar-refractivity contribution in [3.8, 4) is 0 Å². The summed E-state index contributed by atoms with van der Waals surface area (Å²) in [6.07, 6.45) is 9.62. The van der Waals surface area contributed by atoms with Crippen molar-refractivity contribution in [2.75, 3.05) is 6.54 Å². The van der Waals surface area contributed by atoms with Gasteiger partial charge >= 0.3 is 5.97 Å². The van der Waals surface area contributed by atoms with E-state index < -0.39 is 5.97 Å². The lowest BCUT2D eigenvalue weighted by Crippen LogP contribution is -2.37. The fraction of sp³-hybridized carbons (Fsp3) is 0.929. The molecule has 0 aromatic heterocycles. The normalized spacial score (nSPS) is 38.7. The van der Waals surface area contributed by atoms with Crippen molar-refractivity contribution in [3.05, 3.63) is 0 Å². The van der Waals surface area contributed by atoms with E-state index in [1.165, 1.54) is 45.1 Å². The molecule has 2 aliphatic carbocycles. The van der Waals surface area contributed by atoms with Crippen LogP contribution in [0, 0.1) is 11.8 Å². The molecule has 1 saturated heterocycles. The van der Waals surface area contributed by atoms with Gasteiger partial charge in [0.05, 0.1) is 0 Å². The molecule has 3 heteroatoms. The van der Waals surface area contributed by atoms with Gasteiger partial charge in [0.15, 0.2) is 0 Å². The second kappa shape index (κ2) is 4.60. The predicted octanol–water partition coefficient (Wildman–Crippen LogP) is 2.50. The molecule has 2 bridgehead atoms. The molecule has 3 rings (SSSR count). The molecule has 1 aliphatic heterocycles. The molecule has 3 aliphatic rings. The number of fused-ring (bicyclic) bond motifs is 2. The van der Waals surface area contributed by atoms with E-state index in [1.54, 1.807) is 0 Å². The van der Waals surface area contributed by atoms with Gasteiger partial charge in [0.25, 0.3) is 0 Å². The molecule has 2 saturated carbocycles. The Bertz CT molecular complexity index is 299. The molecule has 3 fully saturated rings. The van der Waals surface area contributed by atoms with E-state index in [0.717, 1.165) is 18.5 Å². The van der Waals surface area contributed by atoms with E-state index in [1.807, 2.05) is 0 Å². The number of hydrogen-bond donors (Lipinski definition) is 1. The van der Waals surface area contributed by atoms with Crippen molar-refractivity contribution < 1.29 is 9.90 Å². The quantitative estimate of drug-likeness (QED) is 0.820. The first-order valence-corrected chi connectivity index (χ1v) is 7.21. The smallest absolute Gasteiger partial charge is 0.303 e. The van der Waals surface area contributed by atoms with Gasteiger partial charge in [0, 0.05) is 25.0 Å². The third-order valence-electron chi connectivity index (χ3n) is 5.26. The SMILES string of the molecule is O=C(O)CC1CCC2CC1CN2C1CCCC1. The molecule has 17 heavy (non-hydrogen) atoms. The molecule has 1 N–H and O–H groups in total. The number of likely N-dealkylation sites (tertiary alicyclic amines) is 1. The monoisotopic (exact) mass is 237 g/mol. The summed E-state index contributed by atoms with van der Waals surface area (Å²) in [5.74, 6) is 0.522. The van der Waals surface area contributed by atoms with E-state index in [9.17, 15) is 4.79 Å². The van der Waals surface area contributed by atoms with Crippen LogP contribution >= 0.6 is 0 Å². The maximum absolute atomic E-state index is 10.9. The summed E-state index contributed by atoms with van der Waals surface area (Å²) in [4.78, 5) is 13.6. The highest BCUT2D eigenvalue weighted by atomic mass is 16.4. The van der Waals surface area contributed by atoms with Crippen LogP contribution in [0.25, 0.3) is 0 Å². The minimum atomic E-state index is -0.604. The Hall–Kier alpha value is -0.570. The van der Waals surface area contributed by atoms with Crippen molar-refractivity contribution in [1.29, 1.82) is 0 Å². The molecular formula is C14H23NO2. The minimum absolute atomic E-state index is 0.399. The number of nitrogens with zero attached hydrogens (tertiary/aromatic N) is 1. The van der Waals surface area contributed by atoms with Crippen LogP contribution < -0.4 is 0 Å². The Morgan fingerprint density at radius 1 is 1.12 bits per heavy atom. The molecule has 0 aromatic rings. The van der Waals surface area contributed by atoms with Crippen molar-refractivity contribution in [3.63, 3.8) is 0 Å².